The fourth-order valence-corrected chi connectivity index (χ4v) is 4.43. The molecule has 1 aromatic rings. The number of benzene rings is 1. The molecule has 3 rings (SSSR count). The van der Waals surface area contributed by atoms with Crippen LogP contribution in [-0.4, -0.2) is 47.1 Å². The first-order valence-electron chi connectivity index (χ1n) is 9.66. The topological polar surface area (TPSA) is 65.1 Å². The second kappa shape index (κ2) is 9.25. The number of halogens is 3. The van der Waals surface area contributed by atoms with Crippen molar-refractivity contribution >= 4 is 46.9 Å². The van der Waals surface area contributed by atoms with Crippen LogP contribution in [0.2, 0.25) is 0 Å². The summed E-state index contributed by atoms with van der Waals surface area (Å²) in [7, 11) is 1.62. The number of allylic oxidation sites excluding steroid dienone is 1. The maximum absolute atomic E-state index is 12.5. The maximum Gasteiger partial charge on any atom is 0.413 e. The Balaban J connectivity index is 1.91. The Labute approximate surface area is 191 Å². The summed E-state index contributed by atoms with van der Waals surface area (Å²) in [5.41, 5.74) is 1.79. The number of rotatable bonds is 4. The molecule has 0 saturated heterocycles. The molecule has 6 nitrogen and oxygen atoms in total. The average molecular weight is 477 g/mol. The van der Waals surface area contributed by atoms with Gasteiger partial charge in [0.25, 0.3) is 0 Å². The van der Waals surface area contributed by atoms with Crippen molar-refractivity contribution in [2.75, 3.05) is 20.3 Å². The second-order valence-corrected chi connectivity index (χ2v) is 10.1. The summed E-state index contributed by atoms with van der Waals surface area (Å²) < 4.78 is 14.4. The molecule has 1 saturated carbocycles. The standard InChI is InChI=1S/C21H24Cl3NO5/c1-14(26)30-18-7-6-16-12-25(19(27)29-13-21(22,23)24)9-8-20(16,11-18)15-4-3-5-17(10-15)28-2/h3-5,10,12,18H,6-9,11,13H2,1-2H3. The van der Waals surface area contributed by atoms with Gasteiger partial charge in [0, 0.05) is 25.1 Å². The predicted molar refractivity (Wildman–Crippen MR) is 115 cm³/mol. The molecule has 1 aromatic carbocycles. The van der Waals surface area contributed by atoms with E-state index in [0.717, 1.165) is 16.9 Å². The van der Waals surface area contributed by atoms with E-state index >= 15 is 0 Å². The van der Waals surface area contributed by atoms with Gasteiger partial charge in [0.05, 0.1) is 7.11 Å². The number of ether oxygens (including phenoxy) is 3. The zero-order chi connectivity index (χ0) is 21.9. The van der Waals surface area contributed by atoms with Crippen LogP contribution in [0.15, 0.2) is 36.0 Å². The predicted octanol–water partition coefficient (Wildman–Crippen LogP) is 5.15. The Morgan fingerprint density at radius 3 is 2.73 bits per heavy atom. The van der Waals surface area contributed by atoms with Gasteiger partial charge in [-0.3, -0.25) is 9.69 Å². The Kier molecular flexibility index (Phi) is 7.10. The van der Waals surface area contributed by atoms with Crippen LogP contribution in [0.3, 0.4) is 0 Å². The highest BCUT2D eigenvalue weighted by molar-refractivity contribution is 6.67. The normalized spacial score (nSPS) is 23.8. The van der Waals surface area contributed by atoms with Crippen LogP contribution in [0, 0.1) is 0 Å². The molecule has 164 valence electrons. The van der Waals surface area contributed by atoms with Gasteiger partial charge in [-0.25, -0.2) is 4.79 Å². The number of amides is 1. The van der Waals surface area contributed by atoms with Crippen molar-refractivity contribution in [3.8, 4) is 5.75 Å². The quantitative estimate of drug-likeness (QED) is 0.444. The molecule has 1 heterocycles. The summed E-state index contributed by atoms with van der Waals surface area (Å²) in [5.74, 6) is 0.460. The molecule has 2 aliphatic rings. The van der Waals surface area contributed by atoms with Gasteiger partial charge in [-0.2, -0.15) is 0 Å². The van der Waals surface area contributed by atoms with Crippen molar-refractivity contribution in [3.63, 3.8) is 0 Å². The third-order valence-corrected chi connectivity index (χ3v) is 5.89. The minimum atomic E-state index is -1.66. The molecular formula is C21H24Cl3NO5. The summed E-state index contributed by atoms with van der Waals surface area (Å²) in [6.45, 7) is 1.52. The lowest BCUT2D eigenvalue weighted by Gasteiger charge is -2.47. The first-order chi connectivity index (χ1) is 14.1. The van der Waals surface area contributed by atoms with Crippen LogP contribution in [0.4, 0.5) is 4.79 Å². The molecule has 9 heteroatoms. The Bertz CT molecular complexity index is 838. The molecule has 1 aliphatic carbocycles. The molecule has 0 N–H and O–H groups in total. The Hall–Kier alpha value is -1.63. The largest absolute Gasteiger partial charge is 0.497 e. The monoisotopic (exact) mass is 475 g/mol. The Morgan fingerprint density at radius 1 is 1.30 bits per heavy atom. The molecule has 2 atom stereocenters. The van der Waals surface area contributed by atoms with Gasteiger partial charge in [-0.1, -0.05) is 46.9 Å². The zero-order valence-electron chi connectivity index (χ0n) is 16.8. The summed E-state index contributed by atoms with van der Waals surface area (Å²) >= 11 is 17.0. The van der Waals surface area contributed by atoms with E-state index < -0.39 is 9.89 Å². The summed E-state index contributed by atoms with van der Waals surface area (Å²) in [6.07, 6.45) is 3.74. The molecule has 1 aliphatic heterocycles. The molecule has 0 aromatic heterocycles. The van der Waals surface area contributed by atoms with Crippen molar-refractivity contribution in [1.29, 1.82) is 0 Å². The fourth-order valence-electron chi connectivity index (χ4n) is 4.27. The highest BCUT2D eigenvalue weighted by atomic mass is 35.6. The minimum Gasteiger partial charge on any atom is -0.497 e. The van der Waals surface area contributed by atoms with Gasteiger partial charge in [-0.05, 0) is 49.0 Å². The van der Waals surface area contributed by atoms with Crippen molar-refractivity contribution in [2.24, 2.45) is 0 Å². The average Bonchev–Trinajstić information content (AvgIpc) is 2.70. The van der Waals surface area contributed by atoms with Crippen molar-refractivity contribution in [1.82, 2.24) is 4.90 Å². The highest BCUT2D eigenvalue weighted by Gasteiger charge is 2.45. The number of hydrogen-bond donors (Lipinski definition) is 0. The van der Waals surface area contributed by atoms with Gasteiger partial charge >= 0.3 is 12.1 Å². The van der Waals surface area contributed by atoms with Crippen molar-refractivity contribution < 1.29 is 23.8 Å². The molecule has 0 bridgehead atoms. The van der Waals surface area contributed by atoms with Gasteiger partial charge in [0.15, 0.2) is 0 Å². The van der Waals surface area contributed by atoms with Crippen LogP contribution in [-0.2, 0) is 19.7 Å². The maximum atomic E-state index is 12.5. The summed E-state index contributed by atoms with van der Waals surface area (Å²) in [4.78, 5) is 25.5. The number of methoxy groups -OCH3 is 1. The van der Waals surface area contributed by atoms with E-state index in [1.807, 2.05) is 30.5 Å². The summed E-state index contributed by atoms with van der Waals surface area (Å²) in [6, 6.07) is 7.88. The van der Waals surface area contributed by atoms with E-state index in [9.17, 15) is 9.59 Å². The lowest BCUT2D eigenvalue weighted by molar-refractivity contribution is -0.148. The smallest absolute Gasteiger partial charge is 0.413 e. The van der Waals surface area contributed by atoms with E-state index in [1.54, 1.807) is 7.11 Å². The SMILES string of the molecule is COc1cccc(C23CCN(C(=O)OCC(Cl)(Cl)Cl)C=C2CCC(OC(C)=O)C3)c1. The summed E-state index contributed by atoms with van der Waals surface area (Å²) in [5, 5.41) is 0. The van der Waals surface area contributed by atoms with Crippen LogP contribution in [0.5, 0.6) is 5.75 Å². The number of nitrogens with zero attached hydrogens (tertiary/aromatic N) is 1. The van der Waals surface area contributed by atoms with Gasteiger partial charge < -0.3 is 14.2 Å². The van der Waals surface area contributed by atoms with E-state index in [2.05, 4.69) is 0 Å². The number of carbonyl (C=O) groups excluding carboxylic acids is 2. The zero-order valence-corrected chi connectivity index (χ0v) is 19.1. The number of carbonyl (C=O) groups is 2. The van der Waals surface area contributed by atoms with Crippen LogP contribution in [0.1, 0.15) is 38.2 Å². The molecular weight excluding hydrogens is 453 g/mol. The molecule has 0 radical (unpaired) electrons. The number of fused-ring (bicyclic) bond motifs is 1. The van der Waals surface area contributed by atoms with Crippen LogP contribution < -0.4 is 4.74 Å². The van der Waals surface area contributed by atoms with Crippen LogP contribution >= 0.6 is 34.8 Å². The van der Waals surface area contributed by atoms with E-state index in [0.29, 0.717) is 32.2 Å². The van der Waals surface area contributed by atoms with E-state index in [-0.39, 0.29) is 24.1 Å². The number of hydrogen-bond acceptors (Lipinski definition) is 5. The minimum absolute atomic E-state index is 0.186. The number of esters is 1. The first-order valence-corrected chi connectivity index (χ1v) is 10.8. The van der Waals surface area contributed by atoms with Gasteiger partial charge in [-0.15, -0.1) is 0 Å². The van der Waals surface area contributed by atoms with E-state index in [4.69, 9.17) is 49.0 Å². The molecule has 2 unspecified atom stereocenters. The van der Waals surface area contributed by atoms with Gasteiger partial charge in [0.1, 0.15) is 18.5 Å². The third kappa shape index (κ3) is 5.34. The lowest BCUT2D eigenvalue weighted by Crippen LogP contribution is -2.46. The molecule has 1 fully saturated rings. The highest BCUT2D eigenvalue weighted by Crippen LogP contribution is 2.49. The van der Waals surface area contributed by atoms with Crippen LogP contribution in [0.25, 0.3) is 0 Å². The Morgan fingerprint density at radius 2 is 2.07 bits per heavy atom. The van der Waals surface area contributed by atoms with Crippen molar-refractivity contribution in [3.05, 3.63) is 41.6 Å². The number of alkyl halides is 3. The lowest BCUT2D eigenvalue weighted by atomic mass is 9.62. The third-order valence-electron chi connectivity index (χ3n) is 5.57. The van der Waals surface area contributed by atoms with Gasteiger partial charge in [0.2, 0.25) is 3.79 Å². The second-order valence-electron chi connectivity index (χ2n) is 7.56. The van der Waals surface area contributed by atoms with Crippen molar-refractivity contribution in [2.45, 2.75) is 47.9 Å². The molecule has 0 spiro atoms. The fraction of sp³-hybridized carbons (Fsp3) is 0.524. The van der Waals surface area contributed by atoms with E-state index in [1.165, 1.54) is 11.8 Å². The molecule has 30 heavy (non-hydrogen) atoms. The molecule has 1 amide bonds. The first kappa shape index (κ1) is 23.0.